The zero-order valence-corrected chi connectivity index (χ0v) is 17.7. The Kier molecular flexibility index (Phi) is 11.2. The first-order valence-corrected chi connectivity index (χ1v) is 8.50. The molecule has 0 aliphatic heterocycles. The van der Waals surface area contributed by atoms with Crippen molar-refractivity contribution in [1.29, 1.82) is 0 Å². The maximum atomic E-state index is 5.68. The number of guanidine groups is 1. The lowest BCUT2D eigenvalue weighted by Gasteiger charge is -2.23. The van der Waals surface area contributed by atoms with Crippen molar-refractivity contribution in [1.82, 2.24) is 10.6 Å². The lowest BCUT2D eigenvalue weighted by molar-refractivity contribution is 0.319. The van der Waals surface area contributed by atoms with Gasteiger partial charge in [-0.05, 0) is 32.2 Å². The molecule has 0 fully saturated rings. The maximum absolute atomic E-state index is 5.68. The van der Waals surface area contributed by atoms with Crippen LogP contribution in [0.5, 0.6) is 11.5 Å². The van der Waals surface area contributed by atoms with Crippen molar-refractivity contribution in [2.45, 2.75) is 18.6 Å². The second kappa shape index (κ2) is 11.7. The summed E-state index contributed by atoms with van der Waals surface area (Å²) in [5.41, 5.74) is 0. The molecule has 0 spiro atoms. The molecule has 1 aromatic carbocycles. The van der Waals surface area contributed by atoms with Crippen LogP contribution >= 0.6 is 35.7 Å². The molecule has 0 radical (unpaired) electrons. The lowest BCUT2D eigenvalue weighted by Crippen LogP contribution is -2.44. The van der Waals surface area contributed by atoms with Crippen molar-refractivity contribution in [3.8, 4) is 11.5 Å². The van der Waals surface area contributed by atoms with E-state index in [1.54, 1.807) is 14.2 Å². The molecular weight excluding hydrogens is 425 g/mol. The predicted octanol–water partition coefficient (Wildman–Crippen LogP) is 3.00. The minimum atomic E-state index is 0. The van der Waals surface area contributed by atoms with E-state index < -0.39 is 0 Å². The summed E-state index contributed by atoms with van der Waals surface area (Å²) >= 11 is 1.83. The Bertz CT molecular complexity index is 484. The third-order valence-electron chi connectivity index (χ3n) is 3.16. The molecule has 0 aliphatic carbocycles. The molecule has 1 aromatic rings. The van der Waals surface area contributed by atoms with Gasteiger partial charge in [-0.25, -0.2) is 0 Å². The highest BCUT2D eigenvalue weighted by Gasteiger charge is 2.15. The third kappa shape index (κ3) is 9.14. The zero-order chi connectivity index (χ0) is 16.4. The summed E-state index contributed by atoms with van der Waals surface area (Å²) in [6.45, 7) is 6.48. The van der Waals surface area contributed by atoms with Crippen LogP contribution in [0, 0.1) is 0 Å². The van der Waals surface area contributed by atoms with Crippen LogP contribution in [0.15, 0.2) is 29.3 Å². The second-order valence-corrected chi connectivity index (χ2v) is 6.86. The van der Waals surface area contributed by atoms with E-state index in [4.69, 9.17) is 9.47 Å². The number of nitrogens with one attached hydrogen (secondary N) is 2. The van der Waals surface area contributed by atoms with Gasteiger partial charge < -0.3 is 20.1 Å². The van der Waals surface area contributed by atoms with Gasteiger partial charge >= 0.3 is 0 Å². The summed E-state index contributed by atoms with van der Waals surface area (Å²) in [6.07, 6.45) is 2.11. The smallest absolute Gasteiger partial charge is 0.191 e. The molecule has 132 valence electrons. The summed E-state index contributed by atoms with van der Waals surface area (Å²) < 4.78 is 11.0. The fraction of sp³-hybridized carbons (Fsp3) is 0.562. The van der Waals surface area contributed by atoms with Crippen molar-refractivity contribution in [3.05, 3.63) is 24.3 Å². The number of thioether (sulfide) groups is 1. The average Bonchev–Trinajstić information content (AvgIpc) is 2.54. The molecule has 0 bridgehead atoms. The fourth-order valence-corrected chi connectivity index (χ4v) is 1.84. The number of halogens is 1. The minimum absolute atomic E-state index is 0. The van der Waals surface area contributed by atoms with Gasteiger partial charge in [-0.1, -0.05) is 6.07 Å². The molecule has 7 heteroatoms. The predicted molar refractivity (Wildman–Crippen MR) is 111 cm³/mol. The van der Waals surface area contributed by atoms with E-state index in [2.05, 4.69) is 35.7 Å². The molecular formula is C16H28IN3O2S. The topological polar surface area (TPSA) is 54.9 Å². The Morgan fingerprint density at radius 3 is 2.57 bits per heavy atom. The highest BCUT2D eigenvalue weighted by molar-refractivity contribution is 14.0. The fourth-order valence-electron chi connectivity index (χ4n) is 1.62. The van der Waals surface area contributed by atoms with E-state index in [0.717, 1.165) is 24.0 Å². The van der Waals surface area contributed by atoms with E-state index in [1.165, 1.54) is 0 Å². The van der Waals surface area contributed by atoms with Crippen LogP contribution < -0.4 is 20.1 Å². The number of nitrogens with zero attached hydrogens (tertiary/aromatic N) is 1. The molecule has 0 aliphatic rings. The molecule has 0 heterocycles. The first kappa shape index (κ1) is 22.2. The molecule has 2 N–H and O–H groups in total. The van der Waals surface area contributed by atoms with Crippen molar-refractivity contribution in [2.24, 2.45) is 4.99 Å². The number of aliphatic imine (C=N–C) groups is 1. The molecule has 5 nitrogen and oxygen atoms in total. The van der Waals surface area contributed by atoms with E-state index in [9.17, 15) is 0 Å². The van der Waals surface area contributed by atoms with Gasteiger partial charge in [-0.15, -0.1) is 24.0 Å². The van der Waals surface area contributed by atoms with Crippen molar-refractivity contribution in [2.75, 3.05) is 40.1 Å². The highest BCUT2D eigenvalue weighted by atomic mass is 127. The minimum Gasteiger partial charge on any atom is -0.497 e. The number of hydrogen-bond acceptors (Lipinski definition) is 4. The average molecular weight is 453 g/mol. The van der Waals surface area contributed by atoms with Crippen LogP contribution in [-0.2, 0) is 0 Å². The monoisotopic (exact) mass is 453 g/mol. The first-order chi connectivity index (χ1) is 10.5. The van der Waals surface area contributed by atoms with Crippen LogP contribution in [0.2, 0.25) is 0 Å². The van der Waals surface area contributed by atoms with Gasteiger partial charge in [0.2, 0.25) is 0 Å². The maximum Gasteiger partial charge on any atom is 0.191 e. The number of methoxy groups -OCH3 is 1. The van der Waals surface area contributed by atoms with E-state index in [0.29, 0.717) is 13.2 Å². The summed E-state index contributed by atoms with van der Waals surface area (Å²) in [7, 11) is 3.41. The Morgan fingerprint density at radius 2 is 1.96 bits per heavy atom. The van der Waals surface area contributed by atoms with Gasteiger partial charge in [-0.2, -0.15) is 11.8 Å². The van der Waals surface area contributed by atoms with Gasteiger partial charge in [0.1, 0.15) is 18.1 Å². The van der Waals surface area contributed by atoms with Crippen molar-refractivity contribution >= 4 is 41.7 Å². The van der Waals surface area contributed by atoms with Crippen molar-refractivity contribution < 1.29 is 9.47 Å². The van der Waals surface area contributed by atoms with Gasteiger partial charge in [0.15, 0.2) is 5.96 Å². The quantitative estimate of drug-likeness (QED) is 0.274. The third-order valence-corrected chi connectivity index (χ3v) is 4.41. The van der Waals surface area contributed by atoms with Crippen LogP contribution in [-0.4, -0.2) is 50.8 Å². The Hall–Kier alpha value is -0.830. The van der Waals surface area contributed by atoms with Crippen LogP contribution in [0.1, 0.15) is 13.8 Å². The Balaban J connectivity index is 0.00000484. The second-order valence-electron chi connectivity index (χ2n) is 5.34. The van der Waals surface area contributed by atoms with Crippen LogP contribution in [0.3, 0.4) is 0 Å². The molecule has 23 heavy (non-hydrogen) atoms. The van der Waals surface area contributed by atoms with Gasteiger partial charge in [0.25, 0.3) is 0 Å². The molecule has 0 aromatic heterocycles. The summed E-state index contributed by atoms with van der Waals surface area (Å²) in [6, 6.07) is 7.58. The van der Waals surface area contributed by atoms with Gasteiger partial charge in [-0.3, -0.25) is 4.99 Å². The SMILES string of the molecule is CN=C(NCCOc1cccc(OC)c1)NCC(C)(C)SC.I. The van der Waals surface area contributed by atoms with Gasteiger partial charge in [0.05, 0.1) is 13.7 Å². The molecule has 1 rings (SSSR count). The molecule has 0 atom stereocenters. The molecule has 0 amide bonds. The number of rotatable bonds is 8. The molecule has 0 saturated carbocycles. The normalized spacial score (nSPS) is 11.4. The number of hydrogen-bond donors (Lipinski definition) is 2. The molecule has 0 saturated heterocycles. The van der Waals surface area contributed by atoms with E-state index in [-0.39, 0.29) is 28.7 Å². The van der Waals surface area contributed by atoms with Crippen LogP contribution in [0.25, 0.3) is 0 Å². The zero-order valence-electron chi connectivity index (χ0n) is 14.5. The van der Waals surface area contributed by atoms with Crippen molar-refractivity contribution in [3.63, 3.8) is 0 Å². The summed E-state index contributed by atoms with van der Waals surface area (Å²) in [4.78, 5) is 4.21. The Morgan fingerprint density at radius 1 is 1.26 bits per heavy atom. The summed E-state index contributed by atoms with van der Waals surface area (Å²) in [5, 5.41) is 6.56. The highest BCUT2D eigenvalue weighted by Crippen LogP contribution is 2.19. The standard InChI is InChI=1S/C16H27N3O2S.HI/c1-16(2,22-5)12-19-15(17-3)18-9-10-21-14-8-6-7-13(11-14)20-4;/h6-8,11H,9-10,12H2,1-5H3,(H2,17,18,19);1H. The molecule has 0 unspecified atom stereocenters. The first-order valence-electron chi connectivity index (χ1n) is 7.27. The Labute approximate surface area is 161 Å². The summed E-state index contributed by atoms with van der Waals surface area (Å²) in [5.74, 6) is 2.38. The van der Waals surface area contributed by atoms with Crippen LogP contribution in [0.4, 0.5) is 0 Å². The number of ether oxygens (including phenoxy) is 2. The van der Waals surface area contributed by atoms with Gasteiger partial charge in [0, 0.05) is 24.4 Å². The lowest BCUT2D eigenvalue weighted by atomic mass is 10.2. The largest absolute Gasteiger partial charge is 0.497 e. The number of benzene rings is 1. The van der Waals surface area contributed by atoms with E-state index in [1.807, 2.05) is 36.0 Å². The van der Waals surface area contributed by atoms with E-state index >= 15 is 0 Å².